The predicted molar refractivity (Wildman–Crippen MR) is 90.9 cm³/mol. The minimum Gasteiger partial charge on any atom is -0.497 e. The summed E-state index contributed by atoms with van der Waals surface area (Å²) in [6.45, 7) is 0.916. The number of nitrogens with zero attached hydrogens (tertiary/aromatic N) is 2. The summed E-state index contributed by atoms with van der Waals surface area (Å²) in [7, 11) is -0.387. The number of methoxy groups -OCH3 is 1. The zero-order valence-corrected chi connectivity index (χ0v) is 14.1. The van der Waals surface area contributed by atoms with E-state index in [-0.39, 0.29) is 0 Å². The first-order chi connectivity index (χ1) is 11.0. The average Bonchev–Trinajstić information content (AvgIpc) is 2.60. The molecule has 0 aliphatic carbocycles. The number of fused-ring (bicyclic) bond motifs is 1. The predicted octanol–water partition coefficient (Wildman–Crippen LogP) is 2.43. The Morgan fingerprint density at radius 1 is 1.04 bits per heavy atom. The lowest BCUT2D eigenvalue weighted by Crippen LogP contribution is -2.44. The molecule has 0 aromatic heterocycles. The molecule has 0 spiro atoms. The topological polar surface area (TPSA) is 49.9 Å². The van der Waals surface area contributed by atoms with E-state index in [0.717, 1.165) is 12.0 Å². The summed E-state index contributed by atoms with van der Waals surface area (Å²) in [5.74, 6) is 0.700. The summed E-state index contributed by atoms with van der Waals surface area (Å²) in [5.41, 5.74) is 2.92. The van der Waals surface area contributed by atoms with Gasteiger partial charge in [0.25, 0.3) is 0 Å². The van der Waals surface area contributed by atoms with Crippen LogP contribution in [0.4, 0.5) is 5.69 Å². The van der Waals surface area contributed by atoms with E-state index in [1.807, 2.05) is 18.2 Å². The maximum absolute atomic E-state index is 12.9. The molecule has 2 aromatic rings. The molecule has 0 saturated heterocycles. The molecule has 0 bridgehead atoms. The molecule has 1 aliphatic heterocycles. The first-order valence-corrected chi connectivity index (χ1v) is 8.87. The zero-order chi connectivity index (χ0) is 16.4. The van der Waals surface area contributed by atoms with Gasteiger partial charge < -0.3 is 4.74 Å². The second kappa shape index (κ2) is 6.22. The molecular weight excluding hydrogens is 312 g/mol. The zero-order valence-electron chi connectivity index (χ0n) is 13.3. The second-order valence-electron chi connectivity index (χ2n) is 5.53. The molecule has 0 radical (unpaired) electrons. The Bertz CT molecular complexity index is 788. The van der Waals surface area contributed by atoms with Crippen molar-refractivity contribution in [2.75, 3.05) is 25.0 Å². The van der Waals surface area contributed by atoms with E-state index in [4.69, 9.17) is 4.74 Å². The fraction of sp³-hybridized carbons (Fsp3) is 0.294. The van der Waals surface area contributed by atoms with Crippen LogP contribution in [0.3, 0.4) is 0 Å². The second-order valence-corrected chi connectivity index (χ2v) is 7.49. The van der Waals surface area contributed by atoms with Gasteiger partial charge >= 0.3 is 10.2 Å². The first kappa shape index (κ1) is 15.8. The standard InChI is InChI=1S/C17H20N2O3S/c1-18(16-7-9-17(22-2)10-8-16)23(20,21)19-12-11-14-5-3-4-6-15(14)13-19/h3-10H,11-13H2,1-2H3. The van der Waals surface area contributed by atoms with Crippen LogP contribution in [0.15, 0.2) is 48.5 Å². The van der Waals surface area contributed by atoms with Gasteiger partial charge in [-0.1, -0.05) is 24.3 Å². The highest BCUT2D eigenvalue weighted by molar-refractivity contribution is 7.90. The molecule has 0 unspecified atom stereocenters. The maximum atomic E-state index is 12.9. The minimum absolute atomic E-state index is 0.416. The molecule has 122 valence electrons. The third kappa shape index (κ3) is 3.04. The highest BCUT2D eigenvalue weighted by atomic mass is 32.2. The average molecular weight is 332 g/mol. The van der Waals surface area contributed by atoms with E-state index in [1.165, 1.54) is 14.2 Å². The number of hydrogen-bond acceptors (Lipinski definition) is 3. The smallest absolute Gasteiger partial charge is 0.304 e. The number of anilines is 1. The van der Waals surface area contributed by atoms with Crippen LogP contribution in [-0.4, -0.2) is 33.4 Å². The van der Waals surface area contributed by atoms with Crippen LogP contribution in [0.2, 0.25) is 0 Å². The van der Waals surface area contributed by atoms with Crippen molar-refractivity contribution < 1.29 is 13.2 Å². The van der Waals surface area contributed by atoms with Crippen LogP contribution in [-0.2, 0) is 23.2 Å². The molecule has 0 atom stereocenters. The molecule has 6 heteroatoms. The van der Waals surface area contributed by atoms with E-state index < -0.39 is 10.2 Å². The highest BCUT2D eigenvalue weighted by Gasteiger charge is 2.30. The molecule has 1 aliphatic rings. The van der Waals surface area contributed by atoms with Gasteiger partial charge in [0, 0.05) is 20.1 Å². The Hall–Kier alpha value is -2.05. The van der Waals surface area contributed by atoms with E-state index >= 15 is 0 Å². The molecule has 23 heavy (non-hydrogen) atoms. The van der Waals surface area contributed by atoms with Crippen LogP contribution in [0.25, 0.3) is 0 Å². The summed E-state index contributed by atoms with van der Waals surface area (Å²) < 4.78 is 33.7. The summed E-state index contributed by atoms with van der Waals surface area (Å²) in [4.78, 5) is 0. The van der Waals surface area contributed by atoms with Crippen LogP contribution < -0.4 is 9.04 Å². The van der Waals surface area contributed by atoms with Crippen molar-refractivity contribution >= 4 is 15.9 Å². The number of ether oxygens (including phenoxy) is 1. The normalized spacial score (nSPS) is 15.0. The van der Waals surface area contributed by atoms with Crippen molar-refractivity contribution in [1.29, 1.82) is 0 Å². The minimum atomic E-state index is -3.55. The fourth-order valence-electron chi connectivity index (χ4n) is 2.77. The Kier molecular flexibility index (Phi) is 4.28. The molecule has 3 rings (SSSR count). The summed E-state index contributed by atoms with van der Waals surface area (Å²) in [6, 6.07) is 15.0. The van der Waals surface area contributed by atoms with Crippen LogP contribution in [0, 0.1) is 0 Å². The van der Waals surface area contributed by atoms with Crippen LogP contribution in [0.1, 0.15) is 11.1 Å². The lowest BCUT2D eigenvalue weighted by atomic mass is 10.0. The fourth-order valence-corrected chi connectivity index (χ4v) is 4.12. The molecule has 2 aromatic carbocycles. The van der Waals surface area contributed by atoms with Gasteiger partial charge in [-0.25, -0.2) is 0 Å². The Balaban J connectivity index is 1.83. The van der Waals surface area contributed by atoms with E-state index in [0.29, 0.717) is 24.5 Å². The third-order valence-corrected chi connectivity index (χ3v) is 6.07. The van der Waals surface area contributed by atoms with Crippen molar-refractivity contribution in [1.82, 2.24) is 4.31 Å². The lowest BCUT2D eigenvalue weighted by molar-refractivity contribution is 0.390. The molecule has 0 saturated carbocycles. The van der Waals surface area contributed by atoms with Crippen molar-refractivity contribution in [3.8, 4) is 5.75 Å². The Labute approximate surface area is 137 Å². The Morgan fingerprint density at radius 3 is 2.35 bits per heavy atom. The van der Waals surface area contributed by atoms with Gasteiger partial charge in [-0.05, 0) is 41.8 Å². The van der Waals surface area contributed by atoms with Gasteiger partial charge in [-0.15, -0.1) is 0 Å². The molecule has 5 nitrogen and oxygen atoms in total. The largest absolute Gasteiger partial charge is 0.497 e. The molecule has 0 fully saturated rings. The number of hydrogen-bond donors (Lipinski definition) is 0. The van der Waals surface area contributed by atoms with Gasteiger partial charge in [0.1, 0.15) is 5.75 Å². The van der Waals surface area contributed by atoms with Gasteiger partial charge in [-0.3, -0.25) is 4.31 Å². The summed E-state index contributed by atoms with van der Waals surface area (Å²) >= 11 is 0. The van der Waals surface area contributed by atoms with E-state index in [9.17, 15) is 8.42 Å². The number of rotatable bonds is 4. The van der Waals surface area contributed by atoms with Crippen molar-refractivity contribution in [3.63, 3.8) is 0 Å². The monoisotopic (exact) mass is 332 g/mol. The quantitative estimate of drug-likeness (QED) is 0.864. The third-order valence-electron chi connectivity index (χ3n) is 4.20. The van der Waals surface area contributed by atoms with E-state index in [2.05, 4.69) is 6.07 Å². The summed E-state index contributed by atoms with van der Waals surface area (Å²) in [5, 5.41) is 0. The van der Waals surface area contributed by atoms with Gasteiger partial charge in [-0.2, -0.15) is 12.7 Å². The SMILES string of the molecule is COc1ccc(N(C)S(=O)(=O)N2CCc3ccccc3C2)cc1. The maximum Gasteiger partial charge on any atom is 0.304 e. The van der Waals surface area contributed by atoms with Crippen LogP contribution >= 0.6 is 0 Å². The highest BCUT2D eigenvalue weighted by Crippen LogP contribution is 2.26. The first-order valence-electron chi connectivity index (χ1n) is 7.47. The van der Waals surface area contributed by atoms with Crippen molar-refractivity contribution in [2.45, 2.75) is 13.0 Å². The van der Waals surface area contributed by atoms with E-state index in [1.54, 1.807) is 38.4 Å². The van der Waals surface area contributed by atoms with Gasteiger partial charge in [0.2, 0.25) is 0 Å². The molecular formula is C17H20N2O3S. The van der Waals surface area contributed by atoms with Crippen molar-refractivity contribution in [2.24, 2.45) is 0 Å². The molecule has 0 N–H and O–H groups in total. The molecule has 0 amide bonds. The van der Waals surface area contributed by atoms with Gasteiger partial charge in [0.05, 0.1) is 12.8 Å². The van der Waals surface area contributed by atoms with Crippen molar-refractivity contribution in [3.05, 3.63) is 59.7 Å². The van der Waals surface area contributed by atoms with Crippen LogP contribution in [0.5, 0.6) is 5.75 Å². The van der Waals surface area contributed by atoms with Gasteiger partial charge in [0.15, 0.2) is 0 Å². The summed E-state index contributed by atoms with van der Waals surface area (Å²) in [6.07, 6.45) is 0.742. The Morgan fingerprint density at radius 2 is 1.70 bits per heavy atom. The lowest BCUT2D eigenvalue weighted by Gasteiger charge is -2.32. The number of benzene rings is 2. The molecule has 1 heterocycles.